The van der Waals surface area contributed by atoms with Gasteiger partial charge in [0.05, 0.1) is 13.7 Å². The lowest BCUT2D eigenvalue weighted by atomic mass is 9.86. The summed E-state index contributed by atoms with van der Waals surface area (Å²) in [6.45, 7) is 14.2. The van der Waals surface area contributed by atoms with Crippen molar-refractivity contribution in [2.75, 3.05) is 13.7 Å². The summed E-state index contributed by atoms with van der Waals surface area (Å²) in [5.41, 5.74) is 7.55. The molecule has 182 valence electrons. The zero-order chi connectivity index (χ0) is 25.4. The van der Waals surface area contributed by atoms with Crippen molar-refractivity contribution in [3.63, 3.8) is 0 Å². The molecule has 0 atom stereocenters. The molecule has 3 aromatic carbocycles. The van der Waals surface area contributed by atoms with Crippen molar-refractivity contribution in [3.05, 3.63) is 96.2 Å². The van der Waals surface area contributed by atoms with Gasteiger partial charge in [-0.2, -0.15) is 0 Å². The van der Waals surface area contributed by atoms with E-state index in [-0.39, 0.29) is 5.41 Å². The first kappa shape index (κ1) is 25.8. The SMILES string of the molecule is C=Cc1ccc2c(c1)c(-c1ccc(C(C)(C)C)cc1)cn2Cc1cccc(OC)c1.CCOC=O. The van der Waals surface area contributed by atoms with Crippen molar-refractivity contribution in [2.45, 2.75) is 39.7 Å². The number of methoxy groups -OCH3 is 1. The molecule has 0 aliphatic heterocycles. The van der Waals surface area contributed by atoms with Gasteiger partial charge in [-0.05, 0) is 58.9 Å². The first-order valence-electron chi connectivity index (χ1n) is 11.8. The van der Waals surface area contributed by atoms with Gasteiger partial charge < -0.3 is 14.0 Å². The fraction of sp³-hybridized carbons (Fsp3) is 0.258. The third-order valence-electron chi connectivity index (χ3n) is 5.92. The highest BCUT2D eigenvalue weighted by Crippen LogP contribution is 2.34. The summed E-state index contributed by atoms with van der Waals surface area (Å²) in [6.07, 6.45) is 4.18. The van der Waals surface area contributed by atoms with Gasteiger partial charge in [-0.25, -0.2) is 0 Å². The zero-order valence-corrected chi connectivity index (χ0v) is 21.4. The number of fused-ring (bicyclic) bond motifs is 1. The summed E-state index contributed by atoms with van der Waals surface area (Å²) in [5.74, 6) is 0.885. The summed E-state index contributed by atoms with van der Waals surface area (Å²) in [5, 5.41) is 1.25. The molecule has 1 heterocycles. The first-order valence-corrected chi connectivity index (χ1v) is 11.8. The Morgan fingerprint density at radius 1 is 1.00 bits per heavy atom. The van der Waals surface area contributed by atoms with Gasteiger partial charge >= 0.3 is 0 Å². The summed E-state index contributed by atoms with van der Waals surface area (Å²) in [4.78, 5) is 9.18. The standard InChI is InChI=1S/C28H29NO.C3H6O2/c1-6-20-10-15-27-25(17-20)26(22-11-13-23(14-12-22)28(2,3)4)19-29(27)18-21-8-7-9-24(16-21)30-5;1-2-5-3-4/h6-17,19H,1,18H2,2-5H3;3H,2H2,1H3. The highest BCUT2D eigenvalue weighted by molar-refractivity contribution is 5.97. The van der Waals surface area contributed by atoms with E-state index >= 15 is 0 Å². The monoisotopic (exact) mass is 469 g/mol. The number of carbonyl (C=O) groups excluding carboxylic acids is 1. The van der Waals surface area contributed by atoms with E-state index < -0.39 is 0 Å². The van der Waals surface area contributed by atoms with Crippen molar-refractivity contribution >= 4 is 23.5 Å². The lowest BCUT2D eigenvalue weighted by molar-refractivity contribution is -0.128. The van der Waals surface area contributed by atoms with Crippen molar-refractivity contribution in [2.24, 2.45) is 0 Å². The van der Waals surface area contributed by atoms with Gasteiger partial charge in [0, 0.05) is 29.2 Å². The summed E-state index contributed by atoms with van der Waals surface area (Å²) in [6, 6.07) is 23.8. The van der Waals surface area contributed by atoms with Gasteiger partial charge in [-0.15, -0.1) is 0 Å². The van der Waals surface area contributed by atoms with Gasteiger partial charge in [-0.3, -0.25) is 4.79 Å². The molecule has 0 aliphatic carbocycles. The molecule has 4 nitrogen and oxygen atoms in total. The van der Waals surface area contributed by atoms with Gasteiger partial charge in [0.1, 0.15) is 5.75 Å². The molecule has 0 aliphatic rings. The molecule has 35 heavy (non-hydrogen) atoms. The molecule has 0 spiro atoms. The van der Waals surface area contributed by atoms with E-state index in [0.29, 0.717) is 13.1 Å². The number of rotatable bonds is 7. The quantitative estimate of drug-likeness (QED) is 0.263. The number of aromatic nitrogens is 1. The Hall–Kier alpha value is -3.79. The van der Waals surface area contributed by atoms with Crippen molar-refractivity contribution < 1.29 is 14.3 Å². The molecule has 0 N–H and O–H groups in total. The van der Waals surface area contributed by atoms with E-state index in [0.717, 1.165) is 17.9 Å². The minimum atomic E-state index is 0.148. The molecule has 1 aromatic heterocycles. The summed E-state index contributed by atoms with van der Waals surface area (Å²) in [7, 11) is 1.71. The van der Waals surface area contributed by atoms with Crippen molar-refractivity contribution in [1.82, 2.24) is 4.57 Å². The number of hydrogen-bond acceptors (Lipinski definition) is 3. The van der Waals surface area contributed by atoms with Crippen molar-refractivity contribution in [1.29, 1.82) is 0 Å². The predicted octanol–water partition coefficient (Wildman–Crippen LogP) is 7.49. The molecule has 0 unspecified atom stereocenters. The normalized spacial score (nSPS) is 10.9. The zero-order valence-electron chi connectivity index (χ0n) is 21.4. The smallest absolute Gasteiger partial charge is 0.293 e. The first-order chi connectivity index (χ1) is 16.8. The Morgan fingerprint density at radius 3 is 2.31 bits per heavy atom. The van der Waals surface area contributed by atoms with Crippen LogP contribution in [-0.2, 0) is 21.5 Å². The number of nitrogens with zero attached hydrogens (tertiary/aromatic N) is 1. The van der Waals surface area contributed by atoms with E-state index in [2.05, 4.69) is 97.4 Å². The van der Waals surface area contributed by atoms with Crippen LogP contribution in [0, 0.1) is 0 Å². The second-order valence-electron chi connectivity index (χ2n) is 9.38. The average molecular weight is 470 g/mol. The molecule has 0 saturated carbocycles. The molecule has 4 heteroatoms. The second-order valence-corrected chi connectivity index (χ2v) is 9.38. The lowest BCUT2D eigenvalue weighted by Crippen LogP contribution is -2.10. The van der Waals surface area contributed by atoms with Crippen LogP contribution >= 0.6 is 0 Å². The number of hydrogen-bond donors (Lipinski definition) is 0. The number of carbonyl (C=O) groups is 1. The van der Waals surface area contributed by atoms with Crippen LogP contribution in [0.4, 0.5) is 0 Å². The van der Waals surface area contributed by atoms with E-state index in [1.165, 1.54) is 33.2 Å². The molecule has 0 bridgehead atoms. The fourth-order valence-corrected chi connectivity index (χ4v) is 3.99. The maximum atomic E-state index is 9.18. The Kier molecular flexibility index (Phi) is 8.53. The van der Waals surface area contributed by atoms with Crippen LogP contribution in [0.15, 0.2) is 79.5 Å². The molecule has 0 amide bonds. The average Bonchev–Trinajstić information content (AvgIpc) is 3.22. The summed E-state index contributed by atoms with van der Waals surface area (Å²) >= 11 is 0. The third-order valence-corrected chi connectivity index (χ3v) is 5.92. The van der Waals surface area contributed by atoms with Crippen LogP contribution in [-0.4, -0.2) is 24.8 Å². The molecule has 0 radical (unpaired) electrons. The van der Waals surface area contributed by atoms with E-state index in [1.807, 2.05) is 18.2 Å². The predicted molar refractivity (Wildman–Crippen MR) is 146 cm³/mol. The van der Waals surface area contributed by atoms with Gasteiger partial charge in [0.25, 0.3) is 6.47 Å². The van der Waals surface area contributed by atoms with Crippen molar-refractivity contribution in [3.8, 4) is 16.9 Å². The molecular formula is C31H35NO3. The van der Waals surface area contributed by atoms with Crippen LogP contribution in [0.3, 0.4) is 0 Å². The van der Waals surface area contributed by atoms with Gasteiger partial charge in [-0.1, -0.05) is 75.9 Å². The van der Waals surface area contributed by atoms with Crippen LogP contribution in [0.5, 0.6) is 5.75 Å². The summed E-state index contributed by atoms with van der Waals surface area (Å²) < 4.78 is 11.9. The van der Waals surface area contributed by atoms with Crippen LogP contribution in [0.1, 0.15) is 44.4 Å². The topological polar surface area (TPSA) is 40.5 Å². The van der Waals surface area contributed by atoms with Gasteiger partial charge in [0.2, 0.25) is 0 Å². The molecule has 0 saturated heterocycles. The number of benzene rings is 3. The van der Waals surface area contributed by atoms with Crippen LogP contribution < -0.4 is 4.74 Å². The Labute approximate surface area is 208 Å². The molecule has 0 fully saturated rings. The van der Waals surface area contributed by atoms with Gasteiger partial charge in [0.15, 0.2) is 0 Å². The highest BCUT2D eigenvalue weighted by Gasteiger charge is 2.15. The molecule has 4 rings (SSSR count). The Balaban J connectivity index is 0.000000623. The Bertz CT molecular complexity index is 1280. The van der Waals surface area contributed by atoms with E-state index in [4.69, 9.17) is 4.74 Å². The third kappa shape index (κ3) is 6.42. The van der Waals surface area contributed by atoms with Crippen LogP contribution in [0.2, 0.25) is 0 Å². The maximum absolute atomic E-state index is 9.18. The van der Waals surface area contributed by atoms with Crippen LogP contribution in [0.25, 0.3) is 28.1 Å². The molecular weight excluding hydrogens is 434 g/mol. The Morgan fingerprint density at radius 2 is 1.74 bits per heavy atom. The minimum Gasteiger partial charge on any atom is -0.497 e. The maximum Gasteiger partial charge on any atom is 0.293 e. The largest absolute Gasteiger partial charge is 0.497 e. The second kappa shape index (κ2) is 11.6. The number of ether oxygens (including phenoxy) is 2. The lowest BCUT2D eigenvalue weighted by Gasteiger charge is -2.19. The molecule has 4 aromatic rings. The highest BCUT2D eigenvalue weighted by atomic mass is 16.5. The van der Waals surface area contributed by atoms with E-state index in [1.54, 1.807) is 14.0 Å². The van der Waals surface area contributed by atoms with E-state index in [9.17, 15) is 4.79 Å². The minimum absolute atomic E-state index is 0.148. The fourth-order valence-electron chi connectivity index (χ4n) is 3.99.